The molecule has 1 aliphatic rings. The first-order valence-corrected chi connectivity index (χ1v) is 6.32. The second-order valence-corrected chi connectivity index (χ2v) is 4.92. The molecule has 0 aromatic heterocycles. The van der Waals surface area contributed by atoms with Crippen LogP contribution in [0.3, 0.4) is 0 Å². The maximum Gasteiger partial charge on any atom is 0.301 e. The van der Waals surface area contributed by atoms with Crippen molar-refractivity contribution in [3.05, 3.63) is 50.1 Å². The highest BCUT2D eigenvalue weighted by atomic mass is 16.6. The predicted molar refractivity (Wildman–Crippen MR) is 78.3 cm³/mol. The van der Waals surface area contributed by atoms with Crippen molar-refractivity contribution in [1.82, 2.24) is 0 Å². The number of hydrogen-bond acceptors (Lipinski definition) is 6. The van der Waals surface area contributed by atoms with Gasteiger partial charge in [0.25, 0.3) is 5.69 Å². The minimum Gasteiger partial charge on any atom is -0.271 e. The quantitative estimate of drug-likeness (QED) is 0.675. The van der Waals surface area contributed by atoms with Crippen LogP contribution in [0.4, 0.5) is 17.1 Å². The highest BCUT2D eigenvalue weighted by molar-refractivity contribution is 6.02. The van der Waals surface area contributed by atoms with Gasteiger partial charge in [0.1, 0.15) is 5.69 Å². The first-order valence-electron chi connectivity index (χ1n) is 6.32. The Morgan fingerprint density at radius 1 is 1.29 bits per heavy atom. The fraction of sp³-hybridized carbons (Fsp3) is 0.308. The van der Waals surface area contributed by atoms with Crippen LogP contribution in [-0.4, -0.2) is 15.6 Å². The minimum atomic E-state index is -0.672. The van der Waals surface area contributed by atoms with E-state index in [0.717, 1.165) is 23.8 Å². The summed E-state index contributed by atoms with van der Waals surface area (Å²) in [6.07, 6.45) is 2.84. The van der Waals surface area contributed by atoms with Gasteiger partial charge in [-0.3, -0.25) is 25.7 Å². The molecule has 1 N–H and O–H groups in total. The van der Waals surface area contributed by atoms with Crippen LogP contribution in [0.2, 0.25) is 0 Å². The molecule has 0 bridgehead atoms. The number of anilines is 1. The van der Waals surface area contributed by atoms with Crippen molar-refractivity contribution >= 4 is 22.8 Å². The van der Waals surface area contributed by atoms with Crippen LogP contribution >= 0.6 is 0 Å². The zero-order valence-corrected chi connectivity index (χ0v) is 11.6. The van der Waals surface area contributed by atoms with E-state index in [-0.39, 0.29) is 17.1 Å². The van der Waals surface area contributed by atoms with Gasteiger partial charge < -0.3 is 0 Å². The number of non-ortho nitro benzene ring substituents is 1. The summed E-state index contributed by atoms with van der Waals surface area (Å²) in [5.74, 6) is 0.386. The lowest BCUT2D eigenvalue weighted by Crippen LogP contribution is -2.03. The van der Waals surface area contributed by atoms with Crippen molar-refractivity contribution in [3.8, 4) is 0 Å². The average molecular weight is 290 g/mol. The molecule has 21 heavy (non-hydrogen) atoms. The molecule has 1 aromatic rings. The summed E-state index contributed by atoms with van der Waals surface area (Å²) >= 11 is 0. The lowest BCUT2D eigenvalue weighted by Gasteiger charge is -2.04. The van der Waals surface area contributed by atoms with Gasteiger partial charge in [-0.15, -0.1) is 0 Å². The maximum atomic E-state index is 11.0. The Labute approximate surface area is 120 Å². The summed E-state index contributed by atoms with van der Waals surface area (Å²) in [5.41, 5.74) is 3.92. The topological polar surface area (TPSA) is 111 Å². The van der Waals surface area contributed by atoms with E-state index in [4.69, 9.17) is 0 Å². The van der Waals surface area contributed by atoms with Crippen molar-refractivity contribution in [3.63, 3.8) is 0 Å². The number of nitrogens with one attached hydrogen (secondary N) is 1. The third kappa shape index (κ3) is 3.22. The molecule has 0 spiro atoms. The molecule has 0 fully saturated rings. The summed E-state index contributed by atoms with van der Waals surface area (Å²) < 4.78 is 0. The fourth-order valence-electron chi connectivity index (χ4n) is 2.19. The number of nitro groups is 2. The number of nitro benzene ring substituents is 2. The second-order valence-electron chi connectivity index (χ2n) is 4.92. The van der Waals surface area contributed by atoms with Gasteiger partial charge in [0, 0.05) is 6.07 Å². The first kappa shape index (κ1) is 14.6. The van der Waals surface area contributed by atoms with Crippen LogP contribution in [0.15, 0.2) is 34.9 Å². The van der Waals surface area contributed by atoms with E-state index in [1.54, 1.807) is 0 Å². The third-order valence-corrected chi connectivity index (χ3v) is 3.21. The van der Waals surface area contributed by atoms with Gasteiger partial charge >= 0.3 is 5.69 Å². The highest BCUT2D eigenvalue weighted by Gasteiger charge is 2.20. The van der Waals surface area contributed by atoms with Crippen LogP contribution in [0.25, 0.3) is 0 Å². The van der Waals surface area contributed by atoms with Gasteiger partial charge in [-0.25, -0.2) is 0 Å². The molecular weight excluding hydrogens is 276 g/mol. The Morgan fingerprint density at radius 3 is 2.52 bits per heavy atom. The van der Waals surface area contributed by atoms with E-state index in [1.165, 1.54) is 12.1 Å². The van der Waals surface area contributed by atoms with E-state index in [2.05, 4.69) is 23.5 Å². The summed E-state index contributed by atoms with van der Waals surface area (Å²) in [5, 5.41) is 25.8. The van der Waals surface area contributed by atoms with Crippen LogP contribution in [0.5, 0.6) is 0 Å². The first-order chi connectivity index (χ1) is 9.88. The number of rotatable bonds is 4. The van der Waals surface area contributed by atoms with Crippen LogP contribution in [-0.2, 0) is 0 Å². The number of nitrogens with zero attached hydrogens (tertiary/aromatic N) is 3. The van der Waals surface area contributed by atoms with Gasteiger partial charge in [-0.2, -0.15) is 5.10 Å². The minimum absolute atomic E-state index is 0.130. The monoisotopic (exact) mass is 290 g/mol. The zero-order valence-electron chi connectivity index (χ0n) is 11.6. The number of hydrogen-bond donors (Lipinski definition) is 1. The Bertz CT molecular complexity index is 666. The molecule has 2 rings (SSSR count). The molecule has 8 nitrogen and oxygen atoms in total. The number of allylic oxidation sites excluding steroid dienone is 2. The van der Waals surface area contributed by atoms with Crippen molar-refractivity contribution in [1.29, 1.82) is 0 Å². The smallest absolute Gasteiger partial charge is 0.271 e. The second kappa shape index (κ2) is 5.70. The van der Waals surface area contributed by atoms with E-state index < -0.39 is 9.85 Å². The van der Waals surface area contributed by atoms with E-state index in [0.29, 0.717) is 5.92 Å². The molecule has 1 atom stereocenters. The van der Waals surface area contributed by atoms with Gasteiger partial charge in [0.2, 0.25) is 0 Å². The summed E-state index contributed by atoms with van der Waals surface area (Å²) in [4.78, 5) is 20.3. The van der Waals surface area contributed by atoms with E-state index in [9.17, 15) is 20.2 Å². The lowest BCUT2D eigenvalue weighted by molar-refractivity contribution is -0.393. The summed E-state index contributed by atoms with van der Waals surface area (Å²) in [6.45, 7) is 3.98. The van der Waals surface area contributed by atoms with Crippen LogP contribution in [0, 0.1) is 26.1 Å². The largest absolute Gasteiger partial charge is 0.301 e. The molecule has 110 valence electrons. The summed E-state index contributed by atoms with van der Waals surface area (Å²) in [7, 11) is 0. The summed E-state index contributed by atoms with van der Waals surface area (Å²) in [6, 6.07) is 3.41. The number of hydrazone groups is 1. The molecule has 0 aliphatic heterocycles. The van der Waals surface area contributed by atoms with Crippen molar-refractivity contribution in [2.45, 2.75) is 20.3 Å². The van der Waals surface area contributed by atoms with Crippen molar-refractivity contribution < 1.29 is 9.85 Å². The Balaban J connectivity index is 2.28. The average Bonchev–Trinajstić information content (AvgIpc) is 2.74. The molecule has 0 saturated heterocycles. The predicted octanol–water partition coefficient (Wildman–Crippen LogP) is 3.26. The van der Waals surface area contributed by atoms with Gasteiger partial charge in [-0.1, -0.05) is 13.0 Å². The van der Waals surface area contributed by atoms with E-state index >= 15 is 0 Å². The number of benzene rings is 1. The van der Waals surface area contributed by atoms with Gasteiger partial charge in [0.05, 0.1) is 21.6 Å². The molecule has 8 heteroatoms. The molecule has 0 amide bonds. The molecule has 1 unspecified atom stereocenters. The van der Waals surface area contributed by atoms with Crippen LogP contribution in [0.1, 0.15) is 20.3 Å². The zero-order chi connectivity index (χ0) is 15.6. The molecule has 1 aromatic carbocycles. The SMILES string of the molecule is CC1=CC(C)CC1=NNc1ccc([N+](=O)[O-])cc1[N+](=O)[O-]. The molecule has 0 saturated carbocycles. The normalized spacial score (nSPS) is 19.4. The molecule has 0 heterocycles. The van der Waals surface area contributed by atoms with Crippen molar-refractivity contribution in [2.75, 3.05) is 5.43 Å². The maximum absolute atomic E-state index is 11.0. The van der Waals surface area contributed by atoms with Gasteiger partial charge in [0.15, 0.2) is 0 Å². The van der Waals surface area contributed by atoms with E-state index in [1.807, 2.05) is 6.92 Å². The molecule has 1 aliphatic carbocycles. The van der Waals surface area contributed by atoms with Crippen LogP contribution < -0.4 is 5.43 Å². The fourth-order valence-corrected chi connectivity index (χ4v) is 2.19. The molecular formula is C13H14N4O4. The highest BCUT2D eigenvalue weighted by Crippen LogP contribution is 2.29. The van der Waals surface area contributed by atoms with Gasteiger partial charge in [-0.05, 0) is 30.9 Å². The third-order valence-electron chi connectivity index (χ3n) is 3.21. The van der Waals surface area contributed by atoms with Crippen molar-refractivity contribution in [2.24, 2.45) is 11.0 Å². The standard InChI is InChI=1S/C13H14N4O4/c1-8-5-9(2)12(6-8)15-14-11-4-3-10(16(18)19)7-13(11)17(20)21/h3-5,7-8,14H,6H2,1-2H3. The Kier molecular flexibility index (Phi) is 3.97. The lowest BCUT2D eigenvalue weighted by atomic mass is 10.1. The Morgan fingerprint density at radius 2 is 2.00 bits per heavy atom. The molecule has 0 radical (unpaired) electrons. The Hall–Kier alpha value is -2.77.